The van der Waals surface area contributed by atoms with Crippen LogP contribution < -0.4 is 4.74 Å². The van der Waals surface area contributed by atoms with Crippen LogP contribution in [0.5, 0.6) is 5.75 Å². The van der Waals surface area contributed by atoms with Gasteiger partial charge in [0.25, 0.3) is 5.91 Å². The summed E-state index contributed by atoms with van der Waals surface area (Å²) in [4.78, 5) is 18.5. The molecular formula is C20H24N2O2. The molecule has 1 saturated heterocycles. The van der Waals surface area contributed by atoms with E-state index in [0.717, 1.165) is 24.3 Å². The van der Waals surface area contributed by atoms with Crippen LogP contribution in [0.3, 0.4) is 0 Å². The molecule has 0 spiro atoms. The lowest BCUT2D eigenvalue weighted by atomic mass is 9.86. The smallest absolute Gasteiger partial charge is 0.253 e. The van der Waals surface area contributed by atoms with Crippen molar-refractivity contribution in [3.8, 4) is 5.75 Å². The molecule has 1 aromatic carbocycles. The minimum absolute atomic E-state index is 0.0465. The van der Waals surface area contributed by atoms with E-state index in [2.05, 4.69) is 25.8 Å². The first-order valence-corrected chi connectivity index (χ1v) is 8.40. The average Bonchev–Trinajstić information content (AvgIpc) is 3.03. The molecule has 1 aromatic heterocycles. The van der Waals surface area contributed by atoms with E-state index in [1.807, 2.05) is 41.3 Å². The Bertz CT molecular complexity index is 690. The van der Waals surface area contributed by atoms with Crippen LogP contribution >= 0.6 is 0 Å². The van der Waals surface area contributed by atoms with E-state index in [1.165, 1.54) is 5.56 Å². The van der Waals surface area contributed by atoms with Gasteiger partial charge in [0, 0.05) is 30.9 Å². The molecule has 0 radical (unpaired) electrons. The lowest BCUT2D eigenvalue weighted by Gasteiger charge is -2.20. The number of carbonyl (C=O) groups is 1. The molecule has 1 aliphatic rings. The van der Waals surface area contributed by atoms with Crippen molar-refractivity contribution < 1.29 is 9.53 Å². The molecule has 1 fully saturated rings. The Kier molecular flexibility index (Phi) is 4.56. The third kappa shape index (κ3) is 3.75. The number of carbonyl (C=O) groups excluding carboxylic acids is 1. The highest BCUT2D eigenvalue weighted by Gasteiger charge is 2.28. The van der Waals surface area contributed by atoms with E-state index in [0.29, 0.717) is 6.54 Å². The maximum Gasteiger partial charge on any atom is 0.253 e. The van der Waals surface area contributed by atoms with Crippen molar-refractivity contribution in [2.45, 2.75) is 38.7 Å². The molecule has 0 bridgehead atoms. The molecule has 0 saturated carbocycles. The third-order valence-electron chi connectivity index (χ3n) is 4.38. The maximum atomic E-state index is 12.7. The Labute approximate surface area is 143 Å². The summed E-state index contributed by atoms with van der Waals surface area (Å²) in [5.41, 5.74) is 2.07. The Hall–Kier alpha value is -2.36. The molecule has 24 heavy (non-hydrogen) atoms. The summed E-state index contributed by atoms with van der Waals surface area (Å²) in [6.45, 7) is 7.87. The topological polar surface area (TPSA) is 42.4 Å². The number of aromatic nitrogens is 1. The van der Waals surface area contributed by atoms with Gasteiger partial charge in [-0.1, -0.05) is 32.9 Å². The zero-order valence-corrected chi connectivity index (χ0v) is 14.5. The zero-order chi connectivity index (χ0) is 17.2. The molecule has 4 heteroatoms. The number of hydrogen-bond acceptors (Lipinski definition) is 3. The number of rotatable bonds is 3. The van der Waals surface area contributed by atoms with E-state index in [-0.39, 0.29) is 17.4 Å². The summed E-state index contributed by atoms with van der Waals surface area (Å²) in [7, 11) is 0. The Morgan fingerprint density at radius 2 is 1.79 bits per heavy atom. The predicted octanol–water partition coefficient (Wildman–Crippen LogP) is 3.67. The Balaban J connectivity index is 1.62. The zero-order valence-electron chi connectivity index (χ0n) is 14.5. The lowest BCUT2D eigenvalue weighted by molar-refractivity contribution is 0.0772. The normalized spacial score (nSPS) is 17.8. The first-order chi connectivity index (χ1) is 11.4. The standard InChI is InChI=1S/C20H24N2O2/c1-20(2,3)16-6-4-15(5-7-16)19(23)22-13-10-18(14-22)24-17-8-11-21-12-9-17/h4-9,11-12,18H,10,13-14H2,1-3H3/t18-/m0/s1. The second-order valence-electron chi connectivity index (χ2n) is 7.29. The van der Waals surface area contributed by atoms with Crippen molar-refractivity contribution in [3.05, 3.63) is 59.9 Å². The summed E-state index contributed by atoms with van der Waals surface area (Å²) in [5.74, 6) is 0.884. The van der Waals surface area contributed by atoms with Crippen molar-refractivity contribution in [1.82, 2.24) is 9.88 Å². The van der Waals surface area contributed by atoms with Crippen LogP contribution in [-0.2, 0) is 5.41 Å². The van der Waals surface area contributed by atoms with Gasteiger partial charge in [-0.05, 0) is 35.2 Å². The number of nitrogens with zero attached hydrogens (tertiary/aromatic N) is 2. The quantitative estimate of drug-likeness (QED) is 0.865. The third-order valence-corrected chi connectivity index (χ3v) is 4.38. The Morgan fingerprint density at radius 3 is 2.42 bits per heavy atom. The van der Waals surface area contributed by atoms with Crippen molar-refractivity contribution in [2.75, 3.05) is 13.1 Å². The van der Waals surface area contributed by atoms with E-state index in [1.54, 1.807) is 12.4 Å². The van der Waals surface area contributed by atoms with Gasteiger partial charge in [0.05, 0.1) is 6.54 Å². The monoisotopic (exact) mass is 324 g/mol. The molecular weight excluding hydrogens is 300 g/mol. The van der Waals surface area contributed by atoms with Gasteiger partial charge in [-0.15, -0.1) is 0 Å². The number of pyridine rings is 1. The number of likely N-dealkylation sites (tertiary alicyclic amines) is 1. The van der Waals surface area contributed by atoms with Gasteiger partial charge < -0.3 is 9.64 Å². The second-order valence-corrected chi connectivity index (χ2v) is 7.29. The minimum Gasteiger partial charge on any atom is -0.488 e. The Morgan fingerprint density at radius 1 is 1.12 bits per heavy atom. The molecule has 4 nitrogen and oxygen atoms in total. The van der Waals surface area contributed by atoms with Crippen LogP contribution in [-0.4, -0.2) is 35.0 Å². The van der Waals surface area contributed by atoms with E-state index >= 15 is 0 Å². The fourth-order valence-corrected chi connectivity index (χ4v) is 2.91. The van der Waals surface area contributed by atoms with Crippen LogP contribution in [0.15, 0.2) is 48.8 Å². The highest BCUT2D eigenvalue weighted by molar-refractivity contribution is 5.94. The van der Waals surface area contributed by atoms with Crippen LogP contribution in [0.2, 0.25) is 0 Å². The van der Waals surface area contributed by atoms with Crippen molar-refractivity contribution in [1.29, 1.82) is 0 Å². The molecule has 0 unspecified atom stereocenters. The summed E-state index contributed by atoms with van der Waals surface area (Å²) >= 11 is 0. The summed E-state index contributed by atoms with van der Waals surface area (Å²) in [6.07, 6.45) is 4.33. The van der Waals surface area contributed by atoms with Crippen molar-refractivity contribution >= 4 is 5.91 Å². The van der Waals surface area contributed by atoms with Crippen molar-refractivity contribution in [3.63, 3.8) is 0 Å². The highest BCUT2D eigenvalue weighted by atomic mass is 16.5. The predicted molar refractivity (Wildman–Crippen MR) is 94.3 cm³/mol. The summed E-state index contributed by atoms with van der Waals surface area (Å²) in [6, 6.07) is 11.6. The number of amides is 1. The van der Waals surface area contributed by atoms with Gasteiger partial charge in [0.2, 0.25) is 0 Å². The molecule has 126 valence electrons. The second kappa shape index (κ2) is 6.63. The van der Waals surface area contributed by atoms with Gasteiger partial charge in [0.1, 0.15) is 11.9 Å². The van der Waals surface area contributed by atoms with Gasteiger partial charge >= 0.3 is 0 Å². The molecule has 0 N–H and O–H groups in total. The first-order valence-electron chi connectivity index (χ1n) is 8.40. The van der Waals surface area contributed by atoms with Crippen LogP contribution in [0.25, 0.3) is 0 Å². The van der Waals surface area contributed by atoms with Gasteiger partial charge in [0.15, 0.2) is 0 Å². The molecule has 0 aliphatic carbocycles. The van der Waals surface area contributed by atoms with Gasteiger partial charge in [-0.2, -0.15) is 0 Å². The van der Waals surface area contributed by atoms with Gasteiger partial charge in [-0.3, -0.25) is 9.78 Å². The molecule has 1 aliphatic heterocycles. The first kappa shape index (κ1) is 16.5. The molecule has 1 amide bonds. The van der Waals surface area contributed by atoms with E-state index < -0.39 is 0 Å². The van der Waals surface area contributed by atoms with Crippen molar-refractivity contribution in [2.24, 2.45) is 0 Å². The molecule has 3 rings (SSSR count). The molecule has 1 atom stereocenters. The minimum atomic E-state index is 0.0465. The lowest BCUT2D eigenvalue weighted by Crippen LogP contribution is -2.31. The number of hydrogen-bond donors (Lipinski definition) is 0. The van der Waals surface area contributed by atoms with E-state index in [9.17, 15) is 4.79 Å². The van der Waals surface area contributed by atoms with Crippen LogP contribution in [0.4, 0.5) is 0 Å². The fraction of sp³-hybridized carbons (Fsp3) is 0.400. The molecule has 2 aromatic rings. The van der Waals surface area contributed by atoms with Crippen LogP contribution in [0, 0.1) is 0 Å². The summed E-state index contributed by atoms with van der Waals surface area (Å²) < 4.78 is 5.92. The van der Waals surface area contributed by atoms with Crippen LogP contribution in [0.1, 0.15) is 43.1 Å². The average molecular weight is 324 g/mol. The number of ether oxygens (including phenoxy) is 1. The van der Waals surface area contributed by atoms with E-state index in [4.69, 9.17) is 4.74 Å². The largest absolute Gasteiger partial charge is 0.488 e. The fourth-order valence-electron chi connectivity index (χ4n) is 2.91. The number of benzene rings is 1. The highest BCUT2D eigenvalue weighted by Crippen LogP contribution is 2.24. The summed E-state index contributed by atoms with van der Waals surface area (Å²) in [5, 5.41) is 0. The maximum absolute atomic E-state index is 12.7. The van der Waals surface area contributed by atoms with Gasteiger partial charge in [-0.25, -0.2) is 0 Å². The molecule has 2 heterocycles. The SMILES string of the molecule is CC(C)(C)c1ccc(C(=O)N2CC[C@H](Oc3ccncc3)C2)cc1.